The molecule has 2 nitrogen and oxygen atoms in total. The van der Waals surface area contributed by atoms with Gasteiger partial charge in [0.2, 0.25) is 0 Å². The molecule has 0 bridgehead atoms. The van der Waals surface area contributed by atoms with Crippen LogP contribution in [-0.4, -0.2) is 30.6 Å². The van der Waals surface area contributed by atoms with E-state index in [2.05, 4.69) is 45.4 Å². The van der Waals surface area contributed by atoms with Gasteiger partial charge in [0.05, 0.1) is 0 Å². The second kappa shape index (κ2) is 10.6. The van der Waals surface area contributed by atoms with E-state index < -0.39 is 8.40 Å². The van der Waals surface area contributed by atoms with Crippen LogP contribution in [-0.2, 0) is 21.7 Å². The molecule has 0 aromatic carbocycles. The average molecular weight is 455 g/mol. The molecule has 7 atom stereocenters. The first-order chi connectivity index (χ1) is 11.7. The van der Waals surface area contributed by atoms with Crippen LogP contribution in [0.4, 0.5) is 0 Å². The standard InChI is InChI=1S/C22H41N2Si.3CH3.Ti/c1-15-11-12-20-18(13-15)19-14-16-9-7-8-10-17(16)21(19)24(20)25(5,6)23-22(2,3)4;;;;/h15-21H,7-14H2,1-6H3;3*1H3;/q4*-1;+4. The number of fused-ring (bicyclic) bond motifs is 5. The summed E-state index contributed by atoms with van der Waals surface area (Å²) in [5.74, 6) is 4.99. The van der Waals surface area contributed by atoms with Gasteiger partial charge < -0.3 is 31.8 Å². The van der Waals surface area contributed by atoms with Gasteiger partial charge in [0.1, 0.15) is 0 Å². The molecule has 4 rings (SSSR count). The van der Waals surface area contributed by atoms with Crippen molar-refractivity contribution in [2.75, 3.05) is 0 Å². The Labute approximate surface area is 200 Å². The molecule has 7 unspecified atom stereocenters. The van der Waals surface area contributed by atoms with Crippen molar-refractivity contribution in [3.63, 3.8) is 0 Å². The SMILES string of the molecule is CC1CCC2C(C1)C1CC3CCCCC3C1N2[Si](C)(C)[N-]C(C)(C)C.[CH3-].[CH3-].[CH3-].[Ti+4]. The summed E-state index contributed by atoms with van der Waals surface area (Å²) in [5, 5.41) is 0. The van der Waals surface area contributed by atoms with Crippen LogP contribution in [0.5, 0.6) is 0 Å². The van der Waals surface area contributed by atoms with Crippen LogP contribution in [0.2, 0.25) is 13.1 Å². The molecule has 4 fully saturated rings. The second-order valence-corrected chi connectivity index (χ2v) is 15.2. The monoisotopic (exact) mass is 454 g/mol. The van der Waals surface area contributed by atoms with Crippen LogP contribution in [0.3, 0.4) is 0 Å². The van der Waals surface area contributed by atoms with Crippen molar-refractivity contribution >= 4 is 8.40 Å². The molecule has 0 amide bonds. The maximum atomic E-state index is 5.50. The number of hydrogen-bond donors (Lipinski definition) is 0. The van der Waals surface area contributed by atoms with Crippen molar-refractivity contribution in [3.8, 4) is 0 Å². The van der Waals surface area contributed by atoms with Gasteiger partial charge in [-0.15, -0.1) is 5.54 Å². The van der Waals surface area contributed by atoms with Gasteiger partial charge >= 0.3 is 21.7 Å². The Morgan fingerprint density at radius 2 is 1.45 bits per heavy atom. The van der Waals surface area contributed by atoms with Crippen molar-refractivity contribution in [1.29, 1.82) is 0 Å². The van der Waals surface area contributed by atoms with E-state index in [-0.39, 0.29) is 49.5 Å². The Morgan fingerprint density at radius 1 is 0.828 bits per heavy atom. The molecule has 1 heterocycles. The van der Waals surface area contributed by atoms with Gasteiger partial charge in [0, 0.05) is 20.5 Å². The summed E-state index contributed by atoms with van der Waals surface area (Å²) in [6, 6.07) is 1.75. The van der Waals surface area contributed by atoms with E-state index >= 15 is 0 Å². The van der Waals surface area contributed by atoms with E-state index in [1.165, 1.54) is 44.9 Å². The first kappa shape index (κ1) is 29.9. The third kappa shape index (κ3) is 5.62. The Kier molecular flexibility index (Phi) is 11.0. The van der Waals surface area contributed by atoms with Gasteiger partial charge in [-0.05, 0) is 61.7 Å². The van der Waals surface area contributed by atoms with Crippen molar-refractivity contribution < 1.29 is 21.7 Å². The van der Waals surface area contributed by atoms with E-state index in [1.54, 1.807) is 6.42 Å². The maximum absolute atomic E-state index is 5.50. The van der Waals surface area contributed by atoms with Crippen LogP contribution < -0.4 is 0 Å². The Hall–Kier alpha value is 0.851. The zero-order chi connectivity index (χ0) is 18.0. The first-order valence-electron chi connectivity index (χ1n) is 11.2. The predicted octanol–water partition coefficient (Wildman–Crippen LogP) is 7.52. The van der Waals surface area contributed by atoms with Gasteiger partial charge in [-0.25, -0.2) is 0 Å². The van der Waals surface area contributed by atoms with Crippen molar-refractivity contribution in [1.82, 2.24) is 4.57 Å². The Bertz CT molecular complexity index is 504. The summed E-state index contributed by atoms with van der Waals surface area (Å²) in [4.78, 5) is 5.50. The van der Waals surface area contributed by atoms with E-state index in [4.69, 9.17) is 4.98 Å². The quantitative estimate of drug-likeness (QED) is 0.311. The molecule has 0 spiro atoms. The van der Waals surface area contributed by atoms with E-state index in [9.17, 15) is 0 Å². The number of hydrogen-bond acceptors (Lipinski definition) is 1. The molecule has 0 N–H and O–H groups in total. The van der Waals surface area contributed by atoms with Gasteiger partial charge in [-0.2, -0.15) is 0 Å². The van der Waals surface area contributed by atoms with Crippen LogP contribution >= 0.6 is 0 Å². The summed E-state index contributed by atoms with van der Waals surface area (Å²) >= 11 is 0. The molecule has 0 aromatic rings. The molecular formula is C25H50N2SiTi. The zero-order valence-electron chi connectivity index (χ0n) is 21.1. The molecule has 4 heteroatoms. The molecule has 1 aliphatic heterocycles. The van der Waals surface area contributed by atoms with Crippen molar-refractivity contribution in [3.05, 3.63) is 27.3 Å². The third-order valence-corrected chi connectivity index (χ3v) is 11.1. The molecule has 3 saturated carbocycles. The van der Waals surface area contributed by atoms with Gasteiger partial charge in [0.25, 0.3) is 0 Å². The Morgan fingerprint density at radius 3 is 2.07 bits per heavy atom. The van der Waals surface area contributed by atoms with Crippen LogP contribution in [0.25, 0.3) is 4.98 Å². The molecular weight excluding hydrogens is 404 g/mol. The molecule has 0 aromatic heterocycles. The predicted molar refractivity (Wildman–Crippen MR) is 129 cm³/mol. The smallest absolute Gasteiger partial charge is 0.647 e. The summed E-state index contributed by atoms with van der Waals surface area (Å²) in [5.41, 5.74) is 0.107. The molecule has 0 radical (unpaired) electrons. The minimum absolute atomic E-state index is 0. The maximum Gasteiger partial charge on any atom is 4.00 e. The van der Waals surface area contributed by atoms with E-state index in [1.807, 2.05) is 0 Å². The van der Waals surface area contributed by atoms with Crippen LogP contribution in [0, 0.1) is 51.9 Å². The number of nitrogens with zero attached hydrogens (tertiary/aromatic N) is 2. The largest absolute Gasteiger partial charge is 4.00 e. The van der Waals surface area contributed by atoms with Crippen LogP contribution in [0.1, 0.15) is 79.1 Å². The third-order valence-electron chi connectivity index (χ3n) is 8.01. The minimum Gasteiger partial charge on any atom is -0.647 e. The zero-order valence-corrected chi connectivity index (χ0v) is 23.7. The fraction of sp³-hybridized carbons (Fsp3) is 0.880. The normalized spacial score (nSPS) is 38.9. The van der Waals surface area contributed by atoms with E-state index in [0.29, 0.717) is 0 Å². The van der Waals surface area contributed by atoms with Crippen molar-refractivity contribution in [2.24, 2.45) is 29.6 Å². The first-order valence-corrected chi connectivity index (χ1v) is 14.1. The van der Waals surface area contributed by atoms with Gasteiger partial charge in [0.15, 0.2) is 0 Å². The summed E-state index contributed by atoms with van der Waals surface area (Å²) < 4.78 is 3.12. The van der Waals surface area contributed by atoms with Crippen LogP contribution in [0.15, 0.2) is 0 Å². The van der Waals surface area contributed by atoms with Gasteiger partial charge in [-0.3, -0.25) is 0 Å². The topological polar surface area (TPSA) is 17.3 Å². The fourth-order valence-electron chi connectivity index (χ4n) is 7.71. The molecule has 4 aliphatic rings. The molecule has 29 heavy (non-hydrogen) atoms. The molecule has 3 aliphatic carbocycles. The Balaban J connectivity index is 0.00000196. The molecule has 168 valence electrons. The summed E-state index contributed by atoms with van der Waals surface area (Å²) in [7, 11) is -1.74. The average Bonchev–Trinajstić information content (AvgIpc) is 2.99. The second-order valence-electron chi connectivity index (χ2n) is 11.4. The fourth-order valence-corrected chi connectivity index (χ4v) is 11.7. The summed E-state index contributed by atoms with van der Waals surface area (Å²) in [6.45, 7) is 14.6. The minimum atomic E-state index is -1.74. The van der Waals surface area contributed by atoms with Gasteiger partial charge in [-0.1, -0.05) is 60.1 Å². The van der Waals surface area contributed by atoms with Crippen molar-refractivity contribution in [2.45, 2.75) is 110 Å². The number of rotatable bonds is 2. The summed E-state index contributed by atoms with van der Waals surface area (Å²) in [6.07, 6.45) is 12.0. The molecule has 1 saturated heterocycles. The van der Waals surface area contributed by atoms with E-state index in [0.717, 1.165) is 41.7 Å².